The van der Waals surface area contributed by atoms with Gasteiger partial charge in [-0.3, -0.25) is 9.63 Å². The number of nitrogens with one attached hydrogen (secondary N) is 1. The third-order valence-corrected chi connectivity index (χ3v) is 5.73. The van der Waals surface area contributed by atoms with Gasteiger partial charge < -0.3 is 10.1 Å². The fourth-order valence-electron chi connectivity index (χ4n) is 2.34. The zero-order chi connectivity index (χ0) is 20.2. The quantitative estimate of drug-likeness (QED) is 0.727. The molecule has 2 rings (SSSR count). The average molecular weight is 396 g/mol. The van der Waals surface area contributed by atoms with E-state index in [4.69, 9.17) is 9.57 Å². The molecule has 7 nitrogen and oxygen atoms in total. The summed E-state index contributed by atoms with van der Waals surface area (Å²) in [6.07, 6.45) is 0. The molecule has 2 aromatic carbocycles. The summed E-state index contributed by atoms with van der Waals surface area (Å²) < 4.78 is 43.7. The van der Waals surface area contributed by atoms with Gasteiger partial charge >= 0.3 is 0 Å². The zero-order valence-corrected chi connectivity index (χ0v) is 16.2. The largest absolute Gasteiger partial charge is 0.494 e. The third kappa shape index (κ3) is 4.62. The number of benzene rings is 2. The number of hydrogen-bond acceptors (Lipinski definition) is 5. The van der Waals surface area contributed by atoms with Gasteiger partial charge in [0.15, 0.2) is 11.6 Å². The number of halogens is 1. The maximum absolute atomic E-state index is 13.8. The number of rotatable bonds is 7. The Balaban J connectivity index is 2.13. The van der Waals surface area contributed by atoms with Gasteiger partial charge in [-0.2, -0.15) is 0 Å². The molecule has 0 saturated carbocycles. The van der Waals surface area contributed by atoms with Crippen LogP contribution in [-0.2, 0) is 14.9 Å². The Hall–Kier alpha value is -2.49. The fraction of sp³-hybridized carbons (Fsp3) is 0.278. The van der Waals surface area contributed by atoms with Gasteiger partial charge in [-0.05, 0) is 48.9 Å². The number of sulfonamides is 1. The number of hydrogen-bond donors (Lipinski definition) is 1. The highest BCUT2D eigenvalue weighted by molar-refractivity contribution is 7.89. The first-order valence-electron chi connectivity index (χ1n) is 7.98. The number of nitrogens with zero attached hydrogens (tertiary/aromatic N) is 1. The Morgan fingerprint density at radius 3 is 2.30 bits per heavy atom. The molecular weight excluding hydrogens is 375 g/mol. The van der Waals surface area contributed by atoms with Crippen LogP contribution in [0.4, 0.5) is 4.39 Å². The van der Waals surface area contributed by atoms with Crippen molar-refractivity contribution in [2.75, 3.05) is 21.3 Å². The first-order valence-corrected chi connectivity index (χ1v) is 9.42. The van der Waals surface area contributed by atoms with Crippen molar-refractivity contribution in [3.63, 3.8) is 0 Å². The van der Waals surface area contributed by atoms with Crippen molar-refractivity contribution in [1.29, 1.82) is 0 Å². The predicted octanol–water partition coefficient (Wildman–Crippen LogP) is 2.51. The summed E-state index contributed by atoms with van der Waals surface area (Å²) in [5.41, 5.74) is 0.845. The van der Waals surface area contributed by atoms with E-state index in [0.717, 1.165) is 4.47 Å². The van der Waals surface area contributed by atoms with Crippen LogP contribution in [0.3, 0.4) is 0 Å². The molecule has 146 valence electrons. The lowest BCUT2D eigenvalue weighted by Crippen LogP contribution is -2.27. The van der Waals surface area contributed by atoms with E-state index < -0.39 is 27.8 Å². The van der Waals surface area contributed by atoms with Crippen molar-refractivity contribution < 1.29 is 27.2 Å². The normalized spacial score (nSPS) is 12.7. The minimum Gasteiger partial charge on any atom is -0.494 e. The summed E-state index contributed by atoms with van der Waals surface area (Å²) in [5, 5.41) is 2.74. The Morgan fingerprint density at radius 2 is 1.78 bits per heavy atom. The molecule has 1 atom stereocenters. The minimum absolute atomic E-state index is 0.00586. The summed E-state index contributed by atoms with van der Waals surface area (Å²) in [4.78, 5) is 17.1. The number of amides is 1. The number of carbonyl (C=O) groups is 1. The van der Waals surface area contributed by atoms with Crippen LogP contribution in [-0.4, -0.2) is 40.1 Å². The summed E-state index contributed by atoms with van der Waals surface area (Å²) in [7, 11) is 0.0978. The molecule has 0 aliphatic heterocycles. The van der Waals surface area contributed by atoms with E-state index in [1.165, 1.54) is 57.7 Å². The second-order valence-corrected chi connectivity index (χ2v) is 7.65. The molecule has 2 aromatic rings. The molecule has 0 fully saturated rings. The van der Waals surface area contributed by atoms with Crippen molar-refractivity contribution in [3.8, 4) is 5.75 Å². The molecule has 0 aromatic heterocycles. The van der Waals surface area contributed by atoms with Crippen molar-refractivity contribution in [3.05, 3.63) is 59.4 Å². The predicted molar refractivity (Wildman–Crippen MR) is 97.2 cm³/mol. The average Bonchev–Trinajstić information content (AvgIpc) is 2.67. The molecule has 0 bridgehead atoms. The molecule has 27 heavy (non-hydrogen) atoms. The van der Waals surface area contributed by atoms with Crippen molar-refractivity contribution in [1.82, 2.24) is 9.79 Å². The number of hydroxylamine groups is 1. The zero-order valence-electron chi connectivity index (χ0n) is 15.4. The van der Waals surface area contributed by atoms with Gasteiger partial charge in [-0.15, -0.1) is 0 Å². The summed E-state index contributed by atoms with van der Waals surface area (Å²) >= 11 is 0. The molecule has 0 aliphatic rings. The lowest BCUT2D eigenvalue weighted by Gasteiger charge is -2.16. The molecule has 9 heteroatoms. The van der Waals surface area contributed by atoms with Gasteiger partial charge in [0, 0.05) is 12.6 Å². The van der Waals surface area contributed by atoms with E-state index >= 15 is 0 Å². The van der Waals surface area contributed by atoms with E-state index in [1.54, 1.807) is 13.0 Å². The molecule has 0 unspecified atom stereocenters. The van der Waals surface area contributed by atoms with E-state index in [1.807, 2.05) is 0 Å². The molecule has 0 spiro atoms. The highest BCUT2D eigenvalue weighted by atomic mass is 32.2. The molecule has 1 amide bonds. The molecule has 0 radical (unpaired) electrons. The first kappa shape index (κ1) is 20.8. The summed E-state index contributed by atoms with van der Waals surface area (Å²) in [5.74, 6) is -0.814. The van der Waals surface area contributed by atoms with Gasteiger partial charge in [0.2, 0.25) is 0 Å². The highest BCUT2D eigenvalue weighted by Crippen LogP contribution is 2.22. The molecule has 1 N–H and O–H groups in total. The van der Waals surface area contributed by atoms with Crippen LogP contribution in [0.25, 0.3) is 0 Å². The maximum Gasteiger partial charge on any atom is 0.264 e. The summed E-state index contributed by atoms with van der Waals surface area (Å²) in [6, 6.07) is 9.40. The monoisotopic (exact) mass is 396 g/mol. The van der Waals surface area contributed by atoms with Crippen LogP contribution in [0.1, 0.15) is 28.9 Å². The first-order chi connectivity index (χ1) is 12.7. The SMILES string of the molecule is COc1ccc([C@@H](C)NC(=O)c2ccc(S(=O)(=O)N(C)OC)cc2)cc1F. The molecular formula is C18H21FN2O5S. The van der Waals surface area contributed by atoms with Gasteiger partial charge in [0.1, 0.15) is 0 Å². The number of methoxy groups -OCH3 is 1. The molecule has 0 saturated heterocycles. The van der Waals surface area contributed by atoms with E-state index in [9.17, 15) is 17.6 Å². The smallest absolute Gasteiger partial charge is 0.264 e. The molecule has 0 aliphatic carbocycles. The van der Waals surface area contributed by atoms with Crippen molar-refractivity contribution in [2.45, 2.75) is 17.9 Å². The van der Waals surface area contributed by atoms with Crippen LogP contribution >= 0.6 is 0 Å². The third-order valence-electron chi connectivity index (χ3n) is 4.03. The van der Waals surface area contributed by atoms with Gasteiger partial charge in [0.05, 0.1) is 25.2 Å². The highest BCUT2D eigenvalue weighted by Gasteiger charge is 2.21. The standard InChI is InChI=1S/C18H21FN2O5S/c1-12(14-7-10-17(25-3)16(19)11-14)20-18(22)13-5-8-15(9-6-13)27(23,24)21(2)26-4/h5-12H,1-4H3,(H,20,22)/t12-/m1/s1. The van der Waals surface area contributed by atoms with Crippen LogP contribution in [0, 0.1) is 5.82 Å². The van der Waals surface area contributed by atoms with Crippen molar-refractivity contribution >= 4 is 15.9 Å². The second kappa shape index (κ2) is 8.47. The van der Waals surface area contributed by atoms with E-state index in [0.29, 0.717) is 5.56 Å². The van der Waals surface area contributed by atoms with Crippen LogP contribution in [0.15, 0.2) is 47.4 Å². The lowest BCUT2D eigenvalue weighted by molar-refractivity contribution is -0.0258. The minimum atomic E-state index is -3.78. The number of carbonyl (C=O) groups excluding carboxylic acids is 1. The summed E-state index contributed by atoms with van der Waals surface area (Å²) in [6.45, 7) is 1.71. The maximum atomic E-state index is 13.8. The Morgan fingerprint density at radius 1 is 1.15 bits per heavy atom. The van der Waals surface area contributed by atoms with Crippen LogP contribution in [0.5, 0.6) is 5.75 Å². The fourth-order valence-corrected chi connectivity index (χ4v) is 3.31. The van der Waals surface area contributed by atoms with Gasteiger partial charge in [-0.25, -0.2) is 12.8 Å². The van der Waals surface area contributed by atoms with Gasteiger partial charge in [0.25, 0.3) is 15.9 Å². The second-order valence-electron chi connectivity index (χ2n) is 5.71. The van der Waals surface area contributed by atoms with Crippen LogP contribution in [0.2, 0.25) is 0 Å². The van der Waals surface area contributed by atoms with E-state index in [-0.39, 0.29) is 16.2 Å². The van der Waals surface area contributed by atoms with E-state index in [2.05, 4.69) is 5.32 Å². The van der Waals surface area contributed by atoms with Crippen LogP contribution < -0.4 is 10.1 Å². The Labute approximate surface area is 157 Å². The topological polar surface area (TPSA) is 84.9 Å². The van der Waals surface area contributed by atoms with Gasteiger partial charge in [-0.1, -0.05) is 10.5 Å². The lowest BCUT2D eigenvalue weighted by atomic mass is 10.1. The Bertz CT molecular complexity index is 916. The molecule has 0 heterocycles. The Kier molecular flexibility index (Phi) is 6.53. The number of ether oxygens (including phenoxy) is 1. The van der Waals surface area contributed by atoms with Crippen molar-refractivity contribution in [2.24, 2.45) is 0 Å².